The van der Waals surface area contributed by atoms with Crippen molar-refractivity contribution < 1.29 is 18.7 Å². The van der Waals surface area contributed by atoms with E-state index in [2.05, 4.69) is 15.5 Å². The Kier molecular flexibility index (Phi) is 5.99. The van der Waals surface area contributed by atoms with Crippen LogP contribution >= 0.6 is 11.8 Å². The molecule has 0 atom stereocenters. The molecule has 2 heterocycles. The molecule has 0 bridgehead atoms. The van der Waals surface area contributed by atoms with Crippen molar-refractivity contribution in [3.8, 4) is 17.2 Å². The summed E-state index contributed by atoms with van der Waals surface area (Å²) < 4.78 is 10.7. The van der Waals surface area contributed by atoms with E-state index in [1.807, 2.05) is 36.4 Å². The van der Waals surface area contributed by atoms with Gasteiger partial charge in [0.1, 0.15) is 5.75 Å². The van der Waals surface area contributed by atoms with Crippen molar-refractivity contribution in [2.24, 2.45) is 0 Å². The van der Waals surface area contributed by atoms with Gasteiger partial charge < -0.3 is 19.4 Å². The van der Waals surface area contributed by atoms with E-state index >= 15 is 0 Å². The van der Waals surface area contributed by atoms with E-state index in [0.29, 0.717) is 29.8 Å². The van der Waals surface area contributed by atoms with Crippen molar-refractivity contribution in [2.75, 3.05) is 29.6 Å². The molecule has 0 radical (unpaired) electrons. The van der Waals surface area contributed by atoms with E-state index in [0.717, 1.165) is 35.2 Å². The van der Waals surface area contributed by atoms with Crippen LogP contribution in [0.25, 0.3) is 11.5 Å². The van der Waals surface area contributed by atoms with Crippen LogP contribution in [0, 0.1) is 0 Å². The second-order valence-corrected chi connectivity index (χ2v) is 7.56. The molecule has 1 aliphatic heterocycles. The number of thioether (sulfide) groups is 1. The molecule has 1 aromatic heterocycles. The number of methoxy groups -OCH3 is 1. The number of ether oxygens (including phenoxy) is 1. The fraction of sp³-hybridized carbons (Fsp3) is 0.238. The average Bonchev–Trinajstić information content (AvgIpc) is 3.41. The van der Waals surface area contributed by atoms with Gasteiger partial charge in [0.25, 0.3) is 5.22 Å². The lowest BCUT2D eigenvalue weighted by molar-refractivity contribution is -0.117. The van der Waals surface area contributed by atoms with Gasteiger partial charge in [0.05, 0.1) is 12.9 Å². The Morgan fingerprint density at radius 3 is 2.80 bits per heavy atom. The molecule has 1 N–H and O–H groups in total. The summed E-state index contributed by atoms with van der Waals surface area (Å²) in [7, 11) is 1.60. The number of anilines is 2. The third-order valence-electron chi connectivity index (χ3n) is 4.59. The van der Waals surface area contributed by atoms with Crippen molar-refractivity contribution in [3.63, 3.8) is 0 Å². The van der Waals surface area contributed by atoms with Crippen LogP contribution in [0.3, 0.4) is 0 Å². The lowest BCUT2D eigenvalue weighted by Gasteiger charge is -2.16. The van der Waals surface area contributed by atoms with Crippen LogP contribution in [0.5, 0.6) is 5.75 Å². The Balaban J connectivity index is 1.33. The van der Waals surface area contributed by atoms with Gasteiger partial charge in [-0.25, -0.2) is 0 Å². The van der Waals surface area contributed by atoms with Gasteiger partial charge in [-0.15, -0.1) is 10.2 Å². The summed E-state index contributed by atoms with van der Waals surface area (Å²) in [6, 6.07) is 14.6. The third-order valence-corrected chi connectivity index (χ3v) is 5.40. The normalized spacial score (nSPS) is 13.5. The van der Waals surface area contributed by atoms with Gasteiger partial charge in [-0.2, -0.15) is 0 Å². The molecule has 2 amide bonds. The highest BCUT2D eigenvalue weighted by Crippen LogP contribution is 2.26. The Morgan fingerprint density at radius 2 is 2.07 bits per heavy atom. The summed E-state index contributed by atoms with van der Waals surface area (Å²) in [5.41, 5.74) is 2.21. The van der Waals surface area contributed by atoms with Gasteiger partial charge in [-0.3, -0.25) is 9.59 Å². The number of hydrogen-bond donors (Lipinski definition) is 1. The van der Waals surface area contributed by atoms with Crippen molar-refractivity contribution in [3.05, 3.63) is 48.5 Å². The molecule has 2 aromatic carbocycles. The standard InChI is InChI=1S/C21H20N4O4S/c1-28-17-9-7-14(8-10-17)20-23-24-21(29-20)30-13-18(26)22-15-4-2-5-16(12-15)25-11-3-6-19(25)27/h2,4-5,7-10,12H,3,6,11,13H2,1H3,(H,22,26). The summed E-state index contributed by atoms with van der Waals surface area (Å²) in [5.74, 6) is 1.15. The molecule has 4 rings (SSSR count). The molecule has 0 spiro atoms. The number of benzene rings is 2. The van der Waals surface area contributed by atoms with Gasteiger partial charge in [0.2, 0.25) is 17.7 Å². The van der Waals surface area contributed by atoms with Crippen molar-refractivity contribution in [1.29, 1.82) is 0 Å². The molecule has 1 fully saturated rings. The summed E-state index contributed by atoms with van der Waals surface area (Å²) >= 11 is 1.16. The second-order valence-electron chi connectivity index (χ2n) is 6.64. The highest BCUT2D eigenvalue weighted by Gasteiger charge is 2.21. The van der Waals surface area contributed by atoms with Crippen LogP contribution in [0.2, 0.25) is 0 Å². The van der Waals surface area contributed by atoms with Gasteiger partial charge >= 0.3 is 0 Å². The zero-order valence-electron chi connectivity index (χ0n) is 16.3. The molecule has 0 aliphatic carbocycles. The minimum Gasteiger partial charge on any atom is -0.497 e. The summed E-state index contributed by atoms with van der Waals surface area (Å²) in [4.78, 5) is 26.0. The second kappa shape index (κ2) is 9.00. The van der Waals surface area contributed by atoms with Gasteiger partial charge in [-0.05, 0) is 48.9 Å². The molecule has 8 nitrogen and oxygen atoms in total. The first-order valence-electron chi connectivity index (χ1n) is 9.43. The Hall–Kier alpha value is -3.33. The number of nitrogens with zero attached hydrogens (tertiary/aromatic N) is 3. The Labute approximate surface area is 177 Å². The maximum atomic E-state index is 12.3. The van der Waals surface area contributed by atoms with E-state index in [1.54, 1.807) is 24.1 Å². The quantitative estimate of drug-likeness (QED) is 0.579. The number of nitrogens with one attached hydrogen (secondary N) is 1. The van der Waals surface area contributed by atoms with Gasteiger partial charge in [0, 0.05) is 29.9 Å². The number of carbonyl (C=O) groups is 2. The topological polar surface area (TPSA) is 97.6 Å². The fourth-order valence-corrected chi connectivity index (χ4v) is 3.68. The summed E-state index contributed by atoms with van der Waals surface area (Å²) in [6.07, 6.45) is 1.42. The highest BCUT2D eigenvalue weighted by molar-refractivity contribution is 7.99. The number of carbonyl (C=O) groups excluding carboxylic acids is 2. The van der Waals surface area contributed by atoms with Crippen LogP contribution in [-0.2, 0) is 9.59 Å². The SMILES string of the molecule is COc1ccc(-c2nnc(SCC(=O)Nc3cccc(N4CCCC4=O)c3)o2)cc1. The van der Waals surface area contributed by atoms with Gasteiger partial charge in [0.15, 0.2) is 0 Å². The minimum absolute atomic E-state index is 0.109. The first-order chi connectivity index (χ1) is 14.6. The molecule has 0 saturated carbocycles. The largest absolute Gasteiger partial charge is 0.497 e. The molecule has 1 saturated heterocycles. The monoisotopic (exact) mass is 424 g/mol. The lowest BCUT2D eigenvalue weighted by atomic mass is 10.2. The summed E-state index contributed by atoms with van der Waals surface area (Å²) in [5, 5.41) is 11.2. The molecule has 0 unspecified atom stereocenters. The Bertz CT molecular complexity index is 1050. The van der Waals surface area contributed by atoms with E-state index < -0.39 is 0 Å². The maximum Gasteiger partial charge on any atom is 0.277 e. The van der Waals surface area contributed by atoms with Crippen LogP contribution in [0.4, 0.5) is 11.4 Å². The predicted octanol–water partition coefficient (Wildman–Crippen LogP) is 3.60. The predicted molar refractivity (Wildman–Crippen MR) is 114 cm³/mol. The first-order valence-corrected chi connectivity index (χ1v) is 10.4. The zero-order chi connectivity index (χ0) is 20.9. The fourth-order valence-electron chi connectivity index (χ4n) is 3.12. The molecule has 9 heteroatoms. The number of amides is 2. The lowest BCUT2D eigenvalue weighted by Crippen LogP contribution is -2.23. The number of hydrogen-bond acceptors (Lipinski definition) is 7. The Morgan fingerprint density at radius 1 is 1.23 bits per heavy atom. The van der Waals surface area contributed by atoms with Crippen molar-refractivity contribution in [1.82, 2.24) is 10.2 Å². The average molecular weight is 424 g/mol. The third kappa shape index (κ3) is 4.62. The molecular weight excluding hydrogens is 404 g/mol. The number of aromatic nitrogens is 2. The molecule has 3 aromatic rings. The van der Waals surface area contributed by atoms with E-state index in [-0.39, 0.29) is 17.6 Å². The van der Waals surface area contributed by atoms with Crippen LogP contribution in [0.15, 0.2) is 58.2 Å². The van der Waals surface area contributed by atoms with Crippen molar-refractivity contribution in [2.45, 2.75) is 18.1 Å². The molecular formula is C21H20N4O4S. The molecule has 30 heavy (non-hydrogen) atoms. The van der Waals surface area contributed by atoms with Gasteiger partial charge in [-0.1, -0.05) is 17.8 Å². The van der Waals surface area contributed by atoms with Crippen LogP contribution < -0.4 is 15.0 Å². The molecule has 154 valence electrons. The smallest absolute Gasteiger partial charge is 0.277 e. The van der Waals surface area contributed by atoms with E-state index in [4.69, 9.17) is 9.15 Å². The number of rotatable bonds is 7. The minimum atomic E-state index is -0.200. The van der Waals surface area contributed by atoms with Crippen molar-refractivity contribution >= 4 is 35.0 Å². The first kappa shape index (κ1) is 20.0. The van der Waals surface area contributed by atoms with E-state index in [1.165, 1.54) is 0 Å². The van der Waals surface area contributed by atoms with Crippen LogP contribution in [0.1, 0.15) is 12.8 Å². The maximum absolute atomic E-state index is 12.3. The van der Waals surface area contributed by atoms with E-state index in [9.17, 15) is 9.59 Å². The van der Waals surface area contributed by atoms with Crippen LogP contribution in [-0.4, -0.2) is 41.4 Å². The summed E-state index contributed by atoms with van der Waals surface area (Å²) in [6.45, 7) is 0.708. The highest BCUT2D eigenvalue weighted by atomic mass is 32.2. The molecule has 1 aliphatic rings. The zero-order valence-corrected chi connectivity index (χ0v) is 17.1.